The van der Waals surface area contributed by atoms with Crippen LogP contribution in [-0.2, 0) is 30.5 Å². The van der Waals surface area contributed by atoms with Gasteiger partial charge in [-0.15, -0.1) is 0 Å². The number of amides is 4. The number of nitrogens with zero attached hydrogens (tertiary/aromatic N) is 3. The third-order valence-electron chi connectivity index (χ3n) is 9.32. The van der Waals surface area contributed by atoms with E-state index in [9.17, 15) is 29.4 Å². The van der Waals surface area contributed by atoms with E-state index in [2.05, 4.69) is 10.6 Å². The van der Waals surface area contributed by atoms with Crippen LogP contribution in [-0.4, -0.2) is 138 Å². The number of aliphatic hydroxyl groups is 2. The summed E-state index contributed by atoms with van der Waals surface area (Å²) in [5.41, 5.74) is 0.925. The monoisotopic (exact) mass is 651 g/mol. The summed E-state index contributed by atoms with van der Waals surface area (Å²) >= 11 is 0. The van der Waals surface area contributed by atoms with Crippen LogP contribution in [0.5, 0.6) is 11.5 Å². The number of methoxy groups -OCH3 is 1. The second-order valence-corrected chi connectivity index (χ2v) is 12.4. The van der Waals surface area contributed by atoms with E-state index in [4.69, 9.17) is 14.2 Å². The maximum atomic E-state index is 14.2. The lowest BCUT2D eigenvalue weighted by atomic mass is 10.0. The van der Waals surface area contributed by atoms with Crippen molar-refractivity contribution in [3.63, 3.8) is 0 Å². The first kappa shape index (κ1) is 32.7. The fraction of sp³-hybridized carbons (Fsp3) is 0.515. The molecular weight excluding hydrogens is 610 g/mol. The normalized spacial score (nSPS) is 30.1. The van der Waals surface area contributed by atoms with Crippen molar-refractivity contribution >= 4 is 23.6 Å². The molecule has 7 atom stereocenters. The Morgan fingerprint density at radius 1 is 0.957 bits per heavy atom. The largest absolute Gasteiger partial charge is 0.497 e. The summed E-state index contributed by atoms with van der Waals surface area (Å²) < 4.78 is 16.9. The Kier molecular flexibility index (Phi) is 9.92. The third-order valence-corrected chi connectivity index (χ3v) is 9.32. The first-order chi connectivity index (χ1) is 22.7. The quantitative estimate of drug-likeness (QED) is 0.300. The minimum Gasteiger partial charge on any atom is -0.497 e. The van der Waals surface area contributed by atoms with Gasteiger partial charge < -0.3 is 44.9 Å². The molecule has 0 aliphatic carbocycles. The van der Waals surface area contributed by atoms with Crippen LogP contribution in [0.3, 0.4) is 0 Å². The predicted molar refractivity (Wildman–Crippen MR) is 166 cm³/mol. The summed E-state index contributed by atoms with van der Waals surface area (Å²) in [5, 5.41) is 27.0. The molecule has 0 spiro atoms. The molecule has 0 saturated carbocycles. The maximum Gasteiger partial charge on any atom is 0.261 e. The Morgan fingerprint density at radius 3 is 2.51 bits per heavy atom. The molecule has 252 valence electrons. The standard InChI is InChI=1S/C33H41N5O9/c1-45-23-9-5-6-20(12-23)16-37-17-21-13-24(37)33(44)36-10-11-38(29(40)19-46-22-7-3-2-4-8-22)25(18-36)32(43)34-15-27-31(42)30(41)26(47-27)14-28(39)35-21/h2-9,12,21,24-27,30-31,41-42H,10-11,13-19H2,1H3,(H,34,43)(H,35,39)/t21-,24-,25-,26-,27+,30-,31+/m0/s1. The number of likely N-dealkylation sites (tertiary alicyclic amines) is 1. The molecule has 4 amide bonds. The van der Waals surface area contributed by atoms with E-state index in [-0.39, 0.29) is 57.1 Å². The highest BCUT2D eigenvalue weighted by molar-refractivity contribution is 5.90. The van der Waals surface area contributed by atoms with Crippen LogP contribution in [0.15, 0.2) is 54.6 Å². The molecule has 4 aliphatic heterocycles. The lowest BCUT2D eigenvalue weighted by Gasteiger charge is -2.42. The highest BCUT2D eigenvalue weighted by Gasteiger charge is 2.47. The van der Waals surface area contributed by atoms with Gasteiger partial charge in [0.05, 0.1) is 32.2 Å². The van der Waals surface area contributed by atoms with Gasteiger partial charge in [-0.3, -0.25) is 24.1 Å². The van der Waals surface area contributed by atoms with Crippen molar-refractivity contribution in [1.82, 2.24) is 25.3 Å². The lowest BCUT2D eigenvalue weighted by Crippen LogP contribution is -2.64. The van der Waals surface area contributed by atoms with E-state index >= 15 is 0 Å². The van der Waals surface area contributed by atoms with Gasteiger partial charge in [0.15, 0.2) is 6.61 Å². The van der Waals surface area contributed by atoms with Crippen LogP contribution < -0.4 is 20.1 Å². The number of ether oxygens (including phenoxy) is 3. The number of piperazine rings is 1. The maximum absolute atomic E-state index is 14.2. The number of rotatable bonds is 6. The van der Waals surface area contributed by atoms with Crippen LogP contribution in [0.4, 0.5) is 0 Å². The number of para-hydroxylation sites is 1. The molecule has 0 radical (unpaired) electrons. The summed E-state index contributed by atoms with van der Waals surface area (Å²) in [5.74, 6) is -0.324. The minimum absolute atomic E-state index is 0.0540. The highest BCUT2D eigenvalue weighted by Crippen LogP contribution is 2.28. The lowest BCUT2D eigenvalue weighted by molar-refractivity contribution is -0.151. The van der Waals surface area contributed by atoms with Gasteiger partial charge >= 0.3 is 0 Å². The number of aliphatic hydroxyl groups excluding tert-OH is 2. The topological polar surface area (TPSA) is 170 Å². The van der Waals surface area contributed by atoms with E-state index in [0.29, 0.717) is 31.0 Å². The third kappa shape index (κ3) is 7.35. The number of carbonyl (C=O) groups excluding carboxylic acids is 4. The molecule has 4 aliphatic rings. The fourth-order valence-electron chi connectivity index (χ4n) is 6.86. The van der Waals surface area contributed by atoms with E-state index in [1.807, 2.05) is 35.2 Å². The Morgan fingerprint density at radius 2 is 1.72 bits per heavy atom. The van der Waals surface area contributed by atoms with Gasteiger partial charge in [0.2, 0.25) is 17.7 Å². The number of benzene rings is 2. The van der Waals surface area contributed by atoms with Gasteiger partial charge in [-0.1, -0.05) is 30.3 Å². The molecule has 0 unspecified atom stereocenters. The molecule has 4 heterocycles. The zero-order valence-corrected chi connectivity index (χ0v) is 26.2. The van der Waals surface area contributed by atoms with E-state index in [0.717, 1.165) is 5.56 Å². The highest BCUT2D eigenvalue weighted by atomic mass is 16.5. The van der Waals surface area contributed by atoms with E-state index < -0.39 is 48.3 Å². The summed E-state index contributed by atoms with van der Waals surface area (Å²) in [7, 11) is 1.58. The molecule has 47 heavy (non-hydrogen) atoms. The van der Waals surface area contributed by atoms with Crippen molar-refractivity contribution in [2.45, 2.75) is 61.9 Å². The van der Waals surface area contributed by atoms with Crippen LogP contribution in [0.25, 0.3) is 0 Å². The van der Waals surface area contributed by atoms with Gasteiger partial charge in [0.25, 0.3) is 5.91 Å². The molecule has 6 rings (SSSR count). The molecule has 14 heteroatoms. The molecule has 4 saturated heterocycles. The molecule has 0 aromatic heterocycles. The molecule has 2 aromatic carbocycles. The Bertz CT molecular complexity index is 1460. The summed E-state index contributed by atoms with van der Waals surface area (Å²) in [6.45, 7) is 0.600. The van der Waals surface area contributed by atoms with Crippen molar-refractivity contribution in [2.75, 3.05) is 46.4 Å². The fourth-order valence-corrected chi connectivity index (χ4v) is 6.86. The zero-order chi connectivity index (χ0) is 33.1. The van der Waals surface area contributed by atoms with Crippen LogP contribution in [0.1, 0.15) is 18.4 Å². The average molecular weight is 652 g/mol. The van der Waals surface area contributed by atoms with Crippen molar-refractivity contribution in [3.8, 4) is 11.5 Å². The zero-order valence-electron chi connectivity index (χ0n) is 26.2. The minimum atomic E-state index is -1.33. The average Bonchev–Trinajstić information content (AvgIpc) is 3.60. The number of nitrogens with one attached hydrogen (secondary N) is 2. The van der Waals surface area contributed by atoms with Gasteiger partial charge in [-0.05, 0) is 36.2 Å². The molecular formula is C33H41N5O9. The first-order valence-corrected chi connectivity index (χ1v) is 15.9. The second-order valence-electron chi connectivity index (χ2n) is 12.4. The molecule has 4 fully saturated rings. The molecule has 14 nitrogen and oxygen atoms in total. The van der Waals surface area contributed by atoms with Crippen molar-refractivity contribution in [2.24, 2.45) is 0 Å². The number of hydrogen-bond donors (Lipinski definition) is 4. The van der Waals surface area contributed by atoms with Crippen molar-refractivity contribution in [1.29, 1.82) is 0 Å². The predicted octanol–water partition coefficient (Wildman–Crippen LogP) is -1.12. The second kappa shape index (κ2) is 14.3. The van der Waals surface area contributed by atoms with Crippen molar-refractivity contribution < 1.29 is 43.6 Å². The van der Waals surface area contributed by atoms with Gasteiger partial charge in [-0.25, -0.2) is 0 Å². The van der Waals surface area contributed by atoms with Gasteiger partial charge in [-0.2, -0.15) is 0 Å². The van der Waals surface area contributed by atoms with Gasteiger partial charge in [0.1, 0.15) is 35.9 Å². The molecule has 4 N–H and O–H groups in total. The summed E-state index contributed by atoms with van der Waals surface area (Å²) in [4.78, 5) is 59.4. The Balaban J connectivity index is 1.25. The van der Waals surface area contributed by atoms with E-state index in [1.54, 1.807) is 36.3 Å². The van der Waals surface area contributed by atoms with E-state index in [1.165, 1.54) is 4.90 Å². The smallest absolute Gasteiger partial charge is 0.261 e. The van der Waals surface area contributed by atoms with Crippen LogP contribution in [0.2, 0.25) is 0 Å². The summed E-state index contributed by atoms with van der Waals surface area (Å²) in [6, 6.07) is 14.4. The van der Waals surface area contributed by atoms with Crippen molar-refractivity contribution in [3.05, 3.63) is 60.2 Å². The SMILES string of the molecule is COc1cccc(CN2C[C@@H]3C[C@H]2C(=O)N2CCN(C(=O)COc4ccccc4)[C@@H](C2)C(=O)NC[C@H]2O[C@@H](CC(=O)N3)[C@H](O)[C@@H]2O)c1. The van der Waals surface area contributed by atoms with Crippen LogP contribution in [0, 0.1) is 0 Å². The van der Waals surface area contributed by atoms with Crippen LogP contribution >= 0.6 is 0 Å². The number of fused-ring (bicyclic) bond motifs is 6. The Hall–Kier alpha value is -4.24. The number of hydrogen-bond acceptors (Lipinski definition) is 10. The number of carbonyl (C=O) groups is 4. The van der Waals surface area contributed by atoms with Gasteiger partial charge in [0, 0.05) is 38.8 Å². The first-order valence-electron chi connectivity index (χ1n) is 15.9. The Labute approximate surface area is 272 Å². The molecule has 6 bridgehead atoms. The summed E-state index contributed by atoms with van der Waals surface area (Å²) in [6.07, 6.45) is -4.50. The molecule has 2 aromatic rings.